The summed E-state index contributed by atoms with van der Waals surface area (Å²) in [5, 5.41) is 25.6. The van der Waals surface area contributed by atoms with Crippen molar-refractivity contribution in [3.63, 3.8) is 0 Å². The van der Waals surface area contributed by atoms with E-state index in [2.05, 4.69) is 31.1 Å². The van der Waals surface area contributed by atoms with Crippen LogP contribution < -0.4 is 16.4 Å². The van der Waals surface area contributed by atoms with E-state index in [1.807, 2.05) is 0 Å². The summed E-state index contributed by atoms with van der Waals surface area (Å²) in [5.41, 5.74) is 9.49. The van der Waals surface area contributed by atoms with Gasteiger partial charge in [-0.15, -0.1) is 5.10 Å². The summed E-state index contributed by atoms with van der Waals surface area (Å²) < 4.78 is 1.44. The maximum atomic E-state index is 13.6. The van der Waals surface area contributed by atoms with Crippen LogP contribution in [0.4, 0.5) is 21.9 Å². The van der Waals surface area contributed by atoms with Crippen molar-refractivity contribution in [3.05, 3.63) is 89.0 Å². The zero-order valence-corrected chi connectivity index (χ0v) is 21.5. The van der Waals surface area contributed by atoms with E-state index in [1.54, 1.807) is 42.5 Å². The average molecular weight is 560 g/mol. The van der Waals surface area contributed by atoms with Gasteiger partial charge in [0, 0.05) is 52.3 Å². The molecule has 3 amide bonds. The second-order valence-electron chi connectivity index (χ2n) is 8.78. The number of hydrogen-bond acceptors (Lipinski definition) is 8. The predicted octanol–water partition coefficient (Wildman–Crippen LogP) is 3.16. The van der Waals surface area contributed by atoms with Crippen molar-refractivity contribution in [2.75, 3.05) is 22.9 Å². The van der Waals surface area contributed by atoms with Gasteiger partial charge in [-0.3, -0.25) is 19.9 Å². The Labute approximate surface area is 232 Å². The number of carbonyl (C=O) groups is 3. The number of aromatic nitrogens is 5. The molecule has 0 fully saturated rings. The van der Waals surface area contributed by atoms with Crippen molar-refractivity contribution in [2.45, 2.75) is 12.5 Å². The number of anilines is 3. The largest absolute Gasteiger partial charge is 0.465 e. The minimum absolute atomic E-state index is 0.238. The number of carboxylic acid groups (broad SMARTS) is 1. The van der Waals surface area contributed by atoms with Crippen LogP contribution in [-0.4, -0.2) is 59.7 Å². The molecule has 2 aromatic carbocycles. The molecule has 0 saturated carbocycles. The number of halogens is 1. The van der Waals surface area contributed by atoms with Gasteiger partial charge in [-0.1, -0.05) is 11.6 Å². The summed E-state index contributed by atoms with van der Waals surface area (Å²) in [6.45, 7) is 0.238. The summed E-state index contributed by atoms with van der Waals surface area (Å²) in [6, 6.07) is 11.8. The second-order valence-corrected chi connectivity index (χ2v) is 9.21. The third kappa shape index (κ3) is 5.73. The van der Waals surface area contributed by atoms with Gasteiger partial charge in [-0.2, -0.15) is 4.68 Å². The number of fused-ring (bicyclic) bond motifs is 1. The normalized spacial score (nSPS) is 14.5. The van der Waals surface area contributed by atoms with Crippen molar-refractivity contribution in [1.82, 2.24) is 30.1 Å². The highest BCUT2D eigenvalue weighted by Gasteiger charge is 2.36. The lowest BCUT2D eigenvalue weighted by Crippen LogP contribution is -2.45. The van der Waals surface area contributed by atoms with Crippen LogP contribution in [0.25, 0.3) is 11.8 Å². The monoisotopic (exact) mass is 559 g/mol. The Balaban J connectivity index is 1.43. The molecule has 0 bridgehead atoms. The standard InChI is InChI=1S/C26H22ClN9O4/c27-16-2-7-22(36-14-30-33-34-36)15(11-16)1-8-23(37)35-10-9-21-20(12-17(28)13-29-21)24(35)25(38)31-18-3-5-19(6-4-18)32-26(39)40/h1-8,11-14,24,32H,9-10,28H2,(H,31,38)(H,39,40)/b8-1+. The van der Waals surface area contributed by atoms with E-state index in [-0.39, 0.29) is 6.54 Å². The van der Waals surface area contributed by atoms with Crippen LogP contribution in [0.5, 0.6) is 0 Å². The lowest BCUT2D eigenvalue weighted by atomic mass is 9.95. The average Bonchev–Trinajstić information content (AvgIpc) is 3.46. The number of benzene rings is 2. The van der Waals surface area contributed by atoms with Gasteiger partial charge in [0.1, 0.15) is 12.4 Å². The van der Waals surface area contributed by atoms with Crippen LogP contribution in [-0.2, 0) is 16.0 Å². The fraction of sp³-hybridized carbons (Fsp3) is 0.115. The van der Waals surface area contributed by atoms with E-state index in [4.69, 9.17) is 22.4 Å². The summed E-state index contributed by atoms with van der Waals surface area (Å²) in [5.74, 6) is -0.900. The minimum atomic E-state index is -1.20. The minimum Gasteiger partial charge on any atom is -0.465 e. The third-order valence-corrected chi connectivity index (χ3v) is 6.38. The molecule has 2 aromatic heterocycles. The van der Waals surface area contributed by atoms with E-state index in [0.717, 1.165) is 0 Å². The molecule has 13 nitrogen and oxygen atoms in total. The maximum Gasteiger partial charge on any atom is 0.409 e. The molecule has 3 heterocycles. The van der Waals surface area contributed by atoms with Crippen LogP contribution >= 0.6 is 11.6 Å². The van der Waals surface area contributed by atoms with Crippen LogP contribution in [0, 0.1) is 0 Å². The lowest BCUT2D eigenvalue weighted by molar-refractivity contribution is -0.135. The first-order valence-electron chi connectivity index (χ1n) is 12.0. The number of amides is 3. The van der Waals surface area contributed by atoms with E-state index in [0.29, 0.717) is 51.0 Å². The molecule has 1 aliphatic heterocycles. The fourth-order valence-corrected chi connectivity index (χ4v) is 4.56. The number of hydrogen-bond donors (Lipinski definition) is 4. The number of rotatable bonds is 6. The molecule has 0 spiro atoms. The highest BCUT2D eigenvalue weighted by molar-refractivity contribution is 6.30. The Morgan fingerprint density at radius 3 is 2.52 bits per heavy atom. The van der Waals surface area contributed by atoms with E-state index >= 15 is 0 Å². The van der Waals surface area contributed by atoms with Crippen molar-refractivity contribution >= 4 is 52.6 Å². The van der Waals surface area contributed by atoms with Gasteiger partial charge in [-0.25, -0.2) is 4.79 Å². The maximum absolute atomic E-state index is 13.6. The van der Waals surface area contributed by atoms with Crippen molar-refractivity contribution in [3.8, 4) is 5.69 Å². The Morgan fingerprint density at radius 1 is 1.07 bits per heavy atom. The zero-order valence-electron chi connectivity index (χ0n) is 20.7. The van der Waals surface area contributed by atoms with Gasteiger partial charge in [-0.05, 0) is 65.0 Å². The molecule has 1 unspecified atom stereocenters. The van der Waals surface area contributed by atoms with Crippen molar-refractivity contribution < 1.29 is 19.5 Å². The molecule has 1 aliphatic rings. The van der Waals surface area contributed by atoms with Crippen LogP contribution in [0.2, 0.25) is 5.02 Å². The zero-order chi connectivity index (χ0) is 28.2. The molecule has 5 N–H and O–H groups in total. The lowest BCUT2D eigenvalue weighted by Gasteiger charge is -2.35. The first-order chi connectivity index (χ1) is 19.3. The van der Waals surface area contributed by atoms with Gasteiger partial charge < -0.3 is 21.1 Å². The van der Waals surface area contributed by atoms with E-state index in [1.165, 1.54) is 40.3 Å². The molecule has 0 aliphatic carbocycles. The number of nitrogens with two attached hydrogens (primary N) is 1. The Morgan fingerprint density at radius 2 is 1.82 bits per heavy atom. The summed E-state index contributed by atoms with van der Waals surface area (Å²) in [6.07, 6.45) is 5.11. The van der Waals surface area contributed by atoms with E-state index < -0.39 is 23.9 Å². The van der Waals surface area contributed by atoms with E-state index in [9.17, 15) is 14.4 Å². The number of nitrogens with zero attached hydrogens (tertiary/aromatic N) is 6. The number of tetrazole rings is 1. The third-order valence-electron chi connectivity index (χ3n) is 6.15. The van der Waals surface area contributed by atoms with Crippen molar-refractivity contribution in [1.29, 1.82) is 0 Å². The quantitative estimate of drug-likeness (QED) is 0.258. The van der Waals surface area contributed by atoms with Gasteiger partial charge in [0.25, 0.3) is 5.91 Å². The van der Waals surface area contributed by atoms with Gasteiger partial charge in [0.15, 0.2) is 0 Å². The Hall–Kier alpha value is -5.30. The van der Waals surface area contributed by atoms with Crippen LogP contribution in [0.3, 0.4) is 0 Å². The molecule has 1 atom stereocenters. The van der Waals surface area contributed by atoms with Gasteiger partial charge in [0.05, 0.1) is 17.6 Å². The topological polar surface area (TPSA) is 181 Å². The first-order valence-corrected chi connectivity index (χ1v) is 12.3. The second kappa shape index (κ2) is 11.2. The molecule has 14 heteroatoms. The molecule has 5 rings (SSSR count). The summed E-state index contributed by atoms with van der Waals surface area (Å²) >= 11 is 6.19. The molecular formula is C26H22ClN9O4. The molecule has 40 heavy (non-hydrogen) atoms. The van der Waals surface area contributed by atoms with Crippen LogP contribution in [0.15, 0.2) is 67.1 Å². The molecular weight excluding hydrogens is 538 g/mol. The fourth-order valence-electron chi connectivity index (χ4n) is 4.38. The number of pyridine rings is 1. The first kappa shape index (κ1) is 26.3. The van der Waals surface area contributed by atoms with Gasteiger partial charge >= 0.3 is 6.09 Å². The molecule has 4 aromatic rings. The summed E-state index contributed by atoms with van der Waals surface area (Å²) in [7, 11) is 0. The predicted molar refractivity (Wildman–Crippen MR) is 147 cm³/mol. The van der Waals surface area contributed by atoms with Crippen LogP contribution in [0.1, 0.15) is 22.9 Å². The highest BCUT2D eigenvalue weighted by Crippen LogP contribution is 2.32. The Kier molecular flexibility index (Phi) is 7.37. The van der Waals surface area contributed by atoms with Crippen molar-refractivity contribution in [2.24, 2.45) is 0 Å². The molecule has 0 radical (unpaired) electrons. The smallest absolute Gasteiger partial charge is 0.409 e. The highest BCUT2D eigenvalue weighted by atomic mass is 35.5. The SMILES string of the molecule is Nc1cnc2c(c1)C(C(=O)Nc1ccc(NC(=O)O)cc1)N(C(=O)/C=C/c1cc(Cl)ccc1-n1cnnn1)CC2. The molecule has 0 saturated heterocycles. The number of carbonyl (C=O) groups excluding carboxylic acids is 2. The number of nitrogen functional groups attached to an aromatic ring is 1. The van der Waals surface area contributed by atoms with Gasteiger partial charge in [0.2, 0.25) is 5.91 Å². The number of nitrogens with one attached hydrogen (secondary N) is 2. The Bertz CT molecular complexity index is 1610. The molecule has 202 valence electrons. The summed E-state index contributed by atoms with van der Waals surface area (Å²) in [4.78, 5) is 43.8.